The molecule has 2 aromatic heterocycles. The van der Waals surface area contributed by atoms with Crippen LogP contribution in [0.5, 0.6) is 0 Å². The third-order valence-corrected chi connectivity index (χ3v) is 1.71. The molecule has 0 atom stereocenters. The first-order valence-corrected chi connectivity index (χ1v) is 4.08. The van der Waals surface area contributed by atoms with Crippen LogP contribution in [0.25, 0.3) is 11.7 Å². The molecule has 0 aliphatic rings. The van der Waals surface area contributed by atoms with E-state index in [0.717, 1.165) is 0 Å². The summed E-state index contributed by atoms with van der Waals surface area (Å²) < 4.78 is 10.2. The number of oxazole rings is 1. The largest absolute Gasteiger partial charge is 0.436 e. The Bertz CT molecular complexity index is 446. The Labute approximate surface area is 79.6 Å². The summed E-state index contributed by atoms with van der Waals surface area (Å²) in [6.07, 6.45) is 0. The molecule has 0 fully saturated rings. The van der Waals surface area contributed by atoms with Gasteiger partial charge in [-0.3, -0.25) is 0 Å². The Morgan fingerprint density at radius 2 is 2.07 bits per heavy atom. The van der Waals surface area contributed by atoms with E-state index in [2.05, 4.69) is 15.1 Å². The summed E-state index contributed by atoms with van der Waals surface area (Å²) in [6.45, 7) is 3.27. The first kappa shape index (κ1) is 8.89. The highest BCUT2D eigenvalue weighted by Gasteiger charge is 2.16. The van der Waals surface area contributed by atoms with E-state index in [1.807, 2.05) is 0 Å². The molecule has 0 spiro atoms. The fraction of sp³-hybridized carbons (Fsp3) is 0.375. The van der Waals surface area contributed by atoms with Crippen molar-refractivity contribution < 1.29 is 14.0 Å². The molecule has 2 heterocycles. The Balaban J connectivity index is 2.43. The summed E-state index contributed by atoms with van der Waals surface area (Å²) in [5.41, 5.74) is 0.690. The lowest BCUT2D eigenvalue weighted by Gasteiger charge is -1.85. The molecule has 0 aromatic carbocycles. The maximum atomic E-state index is 8.74. The third kappa shape index (κ3) is 1.39. The number of nitrogens with zero attached hydrogens (tertiary/aromatic N) is 3. The average molecular weight is 195 g/mol. The molecule has 6 nitrogen and oxygen atoms in total. The molecular formula is C8H9N3O3. The maximum Gasteiger partial charge on any atom is 0.295 e. The number of aliphatic hydroxyl groups is 1. The first-order valence-electron chi connectivity index (χ1n) is 4.08. The van der Waals surface area contributed by atoms with Crippen LogP contribution in [0, 0.1) is 13.8 Å². The van der Waals surface area contributed by atoms with Crippen molar-refractivity contribution >= 4 is 0 Å². The van der Waals surface area contributed by atoms with E-state index in [9.17, 15) is 0 Å². The van der Waals surface area contributed by atoms with Gasteiger partial charge in [0.2, 0.25) is 5.76 Å². The lowest BCUT2D eigenvalue weighted by molar-refractivity contribution is 0.263. The molecule has 2 aromatic rings. The minimum Gasteiger partial charge on any atom is -0.436 e. The van der Waals surface area contributed by atoms with Crippen molar-refractivity contribution in [2.75, 3.05) is 0 Å². The van der Waals surface area contributed by atoms with Crippen molar-refractivity contribution in [3.63, 3.8) is 0 Å². The number of aromatic nitrogens is 3. The van der Waals surface area contributed by atoms with Crippen molar-refractivity contribution in [2.45, 2.75) is 20.5 Å². The Kier molecular flexibility index (Phi) is 2.05. The van der Waals surface area contributed by atoms with Crippen LogP contribution in [0.1, 0.15) is 17.4 Å². The highest BCUT2D eigenvalue weighted by Crippen LogP contribution is 2.22. The molecule has 6 heteroatoms. The fourth-order valence-electron chi connectivity index (χ4n) is 1.14. The molecule has 2 rings (SSSR count). The highest BCUT2D eigenvalue weighted by molar-refractivity contribution is 5.47. The van der Waals surface area contributed by atoms with E-state index >= 15 is 0 Å². The predicted octanol–water partition coefficient (Wildman–Crippen LogP) is 0.834. The molecule has 74 valence electrons. The molecule has 0 amide bonds. The van der Waals surface area contributed by atoms with Gasteiger partial charge in [-0.2, -0.15) is 4.98 Å². The van der Waals surface area contributed by atoms with Gasteiger partial charge in [0.05, 0.1) is 5.69 Å². The van der Waals surface area contributed by atoms with Crippen LogP contribution >= 0.6 is 0 Å². The van der Waals surface area contributed by atoms with E-state index in [1.54, 1.807) is 13.8 Å². The monoisotopic (exact) mass is 195 g/mol. The number of rotatable bonds is 2. The Morgan fingerprint density at radius 1 is 1.29 bits per heavy atom. The average Bonchev–Trinajstić information content (AvgIpc) is 2.71. The van der Waals surface area contributed by atoms with Crippen molar-refractivity contribution in [3.8, 4) is 11.7 Å². The van der Waals surface area contributed by atoms with E-state index in [0.29, 0.717) is 17.3 Å². The topological polar surface area (TPSA) is 85.2 Å². The predicted molar refractivity (Wildman–Crippen MR) is 45.2 cm³/mol. The molecule has 0 radical (unpaired) electrons. The van der Waals surface area contributed by atoms with Crippen LogP contribution in [-0.4, -0.2) is 20.2 Å². The first-order chi connectivity index (χ1) is 6.70. The van der Waals surface area contributed by atoms with Crippen LogP contribution in [0.15, 0.2) is 8.94 Å². The second kappa shape index (κ2) is 3.22. The molecular weight excluding hydrogens is 186 g/mol. The standard InChI is InChI=1S/C8H9N3O3/c1-4-7(13-5(2)9-4)8-10-6(3-12)11-14-8/h12H,3H2,1-2H3. The molecule has 14 heavy (non-hydrogen) atoms. The molecule has 1 N–H and O–H groups in total. The van der Waals surface area contributed by atoms with E-state index in [-0.39, 0.29) is 18.3 Å². The molecule has 0 aliphatic heterocycles. The van der Waals surface area contributed by atoms with E-state index in [1.165, 1.54) is 0 Å². The lowest BCUT2D eigenvalue weighted by Crippen LogP contribution is -1.85. The van der Waals surface area contributed by atoms with E-state index in [4.69, 9.17) is 14.0 Å². The van der Waals surface area contributed by atoms with Crippen LogP contribution in [0.2, 0.25) is 0 Å². The SMILES string of the molecule is Cc1nc(C)c(-c2nc(CO)no2)o1. The van der Waals surface area contributed by atoms with Gasteiger partial charge in [0, 0.05) is 6.92 Å². The molecule has 0 unspecified atom stereocenters. The van der Waals surface area contributed by atoms with Gasteiger partial charge in [0.25, 0.3) is 5.89 Å². The number of hydrogen-bond donors (Lipinski definition) is 1. The molecule has 0 aliphatic carbocycles. The summed E-state index contributed by atoms with van der Waals surface area (Å²) >= 11 is 0. The second-order valence-corrected chi connectivity index (χ2v) is 2.82. The van der Waals surface area contributed by atoms with Gasteiger partial charge in [0.1, 0.15) is 6.61 Å². The summed E-state index contributed by atoms with van der Waals surface area (Å²) in [7, 11) is 0. The van der Waals surface area contributed by atoms with Crippen molar-refractivity contribution in [1.82, 2.24) is 15.1 Å². The van der Waals surface area contributed by atoms with Gasteiger partial charge in [-0.15, -0.1) is 0 Å². The van der Waals surface area contributed by atoms with Gasteiger partial charge in [-0.25, -0.2) is 4.98 Å². The maximum absolute atomic E-state index is 8.74. The molecule has 0 saturated carbocycles. The normalized spacial score (nSPS) is 10.8. The van der Waals surface area contributed by atoms with Gasteiger partial charge < -0.3 is 14.0 Å². The number of aliphatic hydroxyl groups excluding tert-OH is 1. The van der Waals surface area contributed by atoms with Crippen molar-refractivity contribution in [2.24, 2.45) is 0 Å². The van der Waals surface area contributed by atoms with Crippen molar-refractivity contribution in [1.29, 1.82) is 0 Å². The highest BCUT2D eigenvalue weighted by atomic mass is 16.5. The smallest absolute Gasteiger partial charge is 0.295 e. The van der Waals surface area contributed by atoms with Crippen LogP contribution in [-0.2, 0) is 6.61 Å². The van der Waals surface area contributed by atoms with Gasteiger partial charge in [0.15, 0.2) is 11.7 Å². The van der Waals surface area contributed by atoms with Crippen LogP contribution in [0.4, 0.5) is 0 Å². The Hall–Kier alpha value is -1.69. The quantitative estimate of drug-likeness (QED) is 0.763. The summed E-state index contributed by atoms with van der Waals surface area (Å²) in [6, 6.07) is 0. The molecule has 0 bridgehead atoms. The van der Waals surface area contributed by atoms with Gasteiger partial charge >= 0.3 is 0 Å². The van der Waals surface area contributed by atoms with Gasteiger partial charge in [-0.1, -0.05) is 5.16 Å². The number of hydrogen-bond acceptors (Lipinski definition) is 6. The summed E-state index contributed by atoms with van der Waals surface area (Å²) in [5, 5.41) is 12.3. The lowest BCUT2D eigenvalue weighted by atomic mass is 10.4. The van der Waals surface area contributed by atoms with Crippen molar-refractivity contribution in [3.05, 3.63) is 17.4 Å². The van der Waals surface area contributed by atoms with Gasteiger partial charge in [-0.05, 0) is 6.92 Å². The fourth-order valence-corrected chi connectivity index (χ4v) is 1.14. The van der Waals surface area contributed by atoms with Crippen LogP contribution in [0.3, 0.4) is 0 Å². The minimum atomic E-state index is -0.254. The Morgan fingerprint density at radius 3 is 2.57 bits per heavy atom. The summed E-state index contributed by atoms with van der Waals surface area (Å²) in [4.78, 5) is 7.98. The zero-order valence-corrected chi connectivity index (χ0v) is 7.81. The van der Waals surface area contributed by atoms with Crippen LogP contribution < -0.4 is 0 Å². The third-order valence-electron chi connectivity index (χ3n) is 1.71. The minimum absolute atomic E-state index is 0.230. The van der Waals surface area contributed by atoms with E-state index < -0.39 is 0 Å². The second-order valence-electron chi connectivity index (χ2n) is 2.82. The zero-order chi connectivity index (χ0) is 10.1. The number of aryl methyl sites for hydroxylation is 2. The summed E-state index contributed by atoms with van der Waals surface area (Å²) in [5.74, 6) is 1.47. The zero-order valence-electron chi connectivity index (χ0n) is 7.81. The molecule has 0 saturated heterocycles.